The molecule has 10 heteroatoms. The van der Waals surface area contributed by atoms with Crippen LogP contribution in [0.2, 0.25) is 0 Å². The molecule has 0 spiro atoms. The number of hydroxylamine groups is 1. The van der Waals surface area contributed by atoms with Crippen molar-refractivity contribution in [1.29, 1.82) is 0 Å². The third-order valence-electron chi connectivity index (χ3n) is 1.85. The molecule has 0 amide bonds. The van der Waals surface area contributed by atoms with Crippen LogP contribution in [0.25, 0.3) is 0 Å². The first-order valence-electron chi connectivity index (χ1n) is 4.88. The van der Waals surface area contributed by atoms with Gasteiger partial charge in [0, 0.05) is 11.9 Å². The van der Waals surface area contributed by atoms with Crippen LogP contribution in [0.1, 0.15) is 15.9 Å². The van der Waals surface area contributed by atoms with Gasteiger partial charge in [-0.2, -0.15) is 13.2 Å². The van der Waals surface area contributed by atoms with Crippen LogP contribution in [-0.2, 0) is 22.0 Å². The number of hydrogen-bond donors (Lipinski definition) is 2. The summed E-state index contributed by atoms with van der Waals surface area (Å²) in [6.07, 6.45) is -4.74. The van der Waals surface area contributed by atoms with Gasteiger partial charge in [0.25, 0.3) is 0 Å². The number of esters is 1. The largest absolute Gasteiger partial charge is 0.768 e. The second-order valence-corrected chi connectivity index (χ2v) is 4.13. The number of methoxy groups -OCH3 is 1. The highest BCUT2D eigenvalue weighted by Crippen LogP contribution is 2.31. The van der Waals surface area contributed by atoms with Crippen molar-refractivity contribution in [3.63, 3.8) is 0 Å². The van der Waals surface area contributed by atoms with E-state index < -0.39 is 39.2 Å². The van der Waals surface area contributed by atoms with E-state index in [0.717, 1.165) is 13.2 Å². The molecule has 0 aromatic heterocycles. The van der Waals surface area contributed by atoms with Crippen molar-refractivity contribution < 1.29 is 36.7 Å². The Balaban J connectivity index is 0.00000110. The van der Waals surface area contributed by atoms with Crippen LogP contribution in [0.5, 0.6) is 0 Å². The molecule has 1 aromatic rings. The van der Waals surface area contributed by atoms with Gasteiger partial charge in [-0.05, 0) is 29.3 Å². The quantitative estimate of drug-likeness (QED) is 0.485. The average molecular weight is 314 g/mol. The molecule has 0 saturated carbocycles. The minimum absolute atomic E-state index is 0.440. The zero-order valence-electron chi connectivity index (χ0n) is 10.4. The molecule has 0 bridgehead atoms. The molecule has 6 nitrogen and oxygen atoms in total. The number of hydrogen-bond acceptors (Lipinski definition) is 6. The minimum Gasteiger partial charge on any atom is -0.768 e. The Kier molecular flexibility index (Phi) is 7.35. The maximum Gasteiger partial charge on any atom is 0.416 e. The summed E-state index contributed by atoms with van der Waals surface area (Å²) >= 11 is -2.86. The SMILES string of the molecule is CNO.COC(=O)c1cc(S(=O)[O-])cc(C(F)(F)F)c1. The second kappa shape index (κ2) is 7.94. The van der Waals surface area contributed by atoms with E-state index in [9.17, 15) is 26.7 Å². The Bertz CT molecular complexity index is 492. The van der Waals surface area contributed by atoms with Gasteiger partial charge >= 0.3 is 12.1 Å². The van der Waals surface area contributed by atoms with Gasteiger partial charge in [0.2, 0.25) is 0 Å². The highest BCUT2D eigenvalue weighted by Gasteiger charge is 2.32. The lowest BCUT2D eigenvalue weighted by Gasteiger charge is -2.12. The second-order valence-electron chi connectivity index (χ2n) is 3.19. The number of carbonyl (C=O) groups is 1. The fraction of sp³-hybridized carbons (Fsp3) is 0.300. The first-order chi connectivity index (χ1) is 9.17. The lowest BCUT2D eigenvalue weighted by atomic mass is 10.1. The fourth-order valence-corrected chi connectivity index (χ4v) is 1.54. The summed E-state index contributed by atoms with van der Waals surface area (Å²) in [5.74, 6) is -1.04. The number of alkyl halides is 3. The van der Waals surface area contributed by atoms with Gasteiger partial charge in [-0.3, -0.25) is 4.21 Å². The minimum atomic E-state index is -4.74. The summed E-state index contributed by atoms with van der Waals surface area (Å²) in [5, 5.41) is 7.32. The van der Waals surface area contributed by atoms with Gasteiger partial charge in [0.05, 0.1) is 18.2 Å². The van der Waals surface area contributed by atoms with Crippen LogP contribution < -0.4 is 5.48 Å². The first-order valence-corrected chi connectivity index (χ1v) is 5.95. The molecular formula is C10H11F3NO5S-. The molecule has 0 heterocycles. The summed E-state index contributed by atoms with van der Waals surface area (Å²) in [6.45, 7) is 0. The topological polar surface area (TPSA) is 98.7 Å². The van der Waals surface area contributed by atoms with E-state index in [-0.39, 0.29) is 0 Å². The van der Waals surface area contributed by atoms with Crippen molar-refractivity contribution in [2.45, 2.75) is 11.1 Å². The fourth-order valence-electron chi connectivity index (χ4n) is 1.09. The smallest absolute Gasteiger partial charge is 0.416 e. The van der Waals surface area contributed by atoms with Crippen LogP contribution >= 0.6 is 0 Å². The molecule has 0 aliphatic rings. The van der Waals surface area contributed by atoms with Gasteiger partial charge in [0.15, 0.2) is 0 Å². The van der Waals surface area contributed by atoms with Crippen molar-refractivity contribution in [3.05, 3.63) is 29.3 Å². The lowest BCUT2D eigenvalue weighted by Crippen LogP contribution is -2.10. The average Bonchev–Trinajstić information content (AvgIpc) is 2.37. The number of carbonyl (C=O) groups excluding carboxylic acids is 1. The van der Waals surface area contributed by atoms with E-state index in [1.807, 2.05) is 0 Å². The molecule has 20 heavy (non-hydrogen) atoms. The number of halogens is 3. The van der Waals surface area contributed by atoms with Crippen LogP contribution in [0, 0.1) is 0 Å². The predicted molar refractivity (Wildman–Crippen MR) is 60.8 cm³/mol. The van der Waals surface area contributed by atoms with E-state index >= 15 is 0 Å². The van der Waals surface area contributed by atoms with Gasteiger partial charge in [-0.1, -0.05) is 0 Å². The maximum atomic E-state index is 12.4. The Labute approximate surface area is 114 Å². The third-order valence-corrected chi connectivity index (χ3v) is 2.47. The van der Waals surface area contributed by atoms with E-state index in [4.69, 9.17) is 5.21 Å². The molecule has 0 radical (unpaired) electrons. The summed E-state index contributed by atoms with van der Waals surface area (Å²) in [7, 11) is 2.41. The Morgan fingerprint density at radius 2 is 1.90 bits per heavy atom. The van der Waals surface area contributed by atoms with Gasteiger partial charge < -0.3 is 14.5 Å². The van der Waals surface area contributed by atoms with Crippen molar-refractivity contribution in [2.24, 2.45) is 0 Å². The molecule has 2 N–H and O–H groups in total. The predicted octanol–water partition coefficient (Wildman–Crippen LogP) is 1.33. The monoisotopic (exact) mass is 314 g/mol. The van der Waals surface area contributed by atoms with Crippen LogP contribution in [-0.4, -0.2) is 34.1 Å². The molecule has 1 atom stereocenters. The van der Waals surface area contributed by atoms with E-state index in [2.05, 4.69) is 4.74 Å². The summed E-state index contributed by atoms with van der Waals surface area (Å²) in [6, 6.07) is 1.78. The lowest BCUT2D eigenvalue weighted by molar-refractivity contribution is -0.137. The zero-order chi connectivity index (χ0) is 15.9. The molecule has 1 unspecified atom stereocenters. The molecule has 0 fully saturated rings. The number of nitrogens with one attached hydrogen (secondary N) is 1. The molecule has 0 aliphatic heterocycles. The molecule has 1 aromatic carbocycles. The van der Waals surface area contributed by atoms with Crippen molar-refractivity contribution in [2.75, 3.05) is 14.2 Å². The third kappa shape index (κ3) is 5.65. The van der Waals surface area contributed by atoms with Crippen LogP contribution in [0.15, 0.2) is 23.1 Å². The summed E-state index contributed by atoms with van der Waals surface area (Å²) < 4.78 is 62.8. The van der Waals surface area contributed by atoms with E-state index in [1.165, 1.54) is 7.05 Å². The Morgan fingerprint density at radius 1 is 1.40 bits per heavy atom. The molecule has 0 aliphatic carbocycles. The standard InChI is InChI=1S/C9H7F3O4S.CH5NO/c1-16-8(13)5-2-6(9(10,11)12)4-7(3-5)17(14)15;1-2-3/h2-4H,1H3,(H,14,15);2-3H,1H3/p-1. The molecule has 0 saturated heterocycles. The van der Waals surface area contributed by atoms with Crippen LogP contribution in [0.3, 0.4) is 0 Å². The highest BCUT2D eigenvalue weighted by atomic mass is 32.2. The molecule has 114 valence electrons. The number of ether oxygens (including phenoxy) is 1. The van der Waals surface area contributed by atoms with Crippen molar-refractivity contribution in [3.8, 4) is 0 Å². The molecular weight excluding hydrogens is 303 g/mol. The Morgan fingerprint density at radius 3 is 2.25 bits per heavy atom. The van der Waals surface area contributed by atoms with Gasteiger partial charge in [-0.15, -0.1) is 0 Å². The zero-order valence-corrected chi connectivity index (χ0v) is 11.2. The summed E-state index contributed by atoms with van der Waals surface area (Å²) in [5.41, 5.74) is 0.0566. The normalized spacial score (nSPS) is 12.2. The number of benzene rings is 1. The summed E-state index contributed by atoms with van der Waals surface area (Å²) in [4.78, 5) is 10.5. The maximum absolute atomic E-state index is 12.4. The van der Waals surface area contributed by atoms with Gasteiger partial charge in [-0.25, -0.2) is 10.3 Å². The van der Waals surface area contributed by atoms with Crippen molar-refractivity contribution >= 4 is 17.0 Å². The van der Waals surface area contributed by atoms with E-state index in [1.54, 1.807) is 5.48 Å². The highest BCUT2D eigenvalue weighted by molar-refractivity contribution is 7.79. The van der Waals surface area contributed by atoms with E-state index in [0.29, 0.717) is 12.1 Å². The number of rotatable bonds is 2. The molecule has 1 rings (SSSR count). The van der Waals surface area contributed by atoms with Crippen molar-refractivity contribution in [1.82, 2.24) is 5.48 Å². The first kappa shape index (κ1) is 18.5. The van der Waals surface area contributed by atoms with Crippen LogP contribution in [0.4, 0.5) is 13.2 Å². The Hall–Kier alpha value is -1.49. The van der Waals surface area contributed by atoms with Gasteiger partial charge in [0.1, 0.15) is 0 Å².